The van der Waals surface area contributed by atoms with Crippen LogP contribution in [-0.4, -0.2) is 34.4 Å². The molecule has 30 heavy (non-hydrogen) atoms. The van der Waals surface area contributed by atoms with Crippen molar-refractivity contribution in [3.63, 3.8) is 0 Å². The second-order valence-electron chi connectivity index (χ2n) is 6.45. The Morgan fingerprint density at radius 1 is 1.00 bits per heavy atom. The van der Waals surface area contributed by atoms with Crippen molar-refractivity contribution in [2.45, 2.75) is 24.9 Å². The number of halogens is 4. The minimum Gasteiger partial charge on any atom is -0.368 e. The molecule has 9 heteroatoms. The molecule has 4 nitrogen and oxygen atoms in total. The Balaban J connectivity index is 0.00000124. The Morgan fingerprint density at radius 3 is 2.30 bits per heavy atom. The first-order valence-electron chi connectivity index (χ1n) is 9.71. The summed E-state index contributed by atoms with van der Waals surface area (Å²) in [6, 6.07) is 10.1. The van der Waals surface area contributed by atoms with E-state index in [9.17, 15) is 21.8 Å². The number of nitrogens with zero attached hydrogens (tertiary/aromatic N) is 2. The predicted molar refractivity (Wildman–Crippen MR) is 112 cm³/mol. The van der Waals surface area contributed by atoms with Crippen LogP contribution < -0.4 is 10.2 Å². The Labute approximate surface area is 175 Å². The number of fused-ring (bicyclic) bond motifs is 1. The number of hydrogen-bond acceptors (Lipinski definition) is 3. The van der Waals surface area contributed by atoms with Gasteiger partial charge in [-0.25, -0.2) is 8.60 Å². The molecular weight excluding hydrogens is 418 g/mol. The van der Waals surface area contributed by atoms with Crippen LogP contribution in [-0.2, 0) is 17.2 Å². The number of benzene rings is 2. The first-order chi connectivity index (χ1) is 14.4. The summed E-state index contributed by atoms with van der Waals surface area (Å²) in [5, 5.41) is 3.16. The molecular formula is C21H23F4N3OS. The van der Waals surface area contributed by atoms with Gasteiger partial charge in [0.15, 0.2) is 11.0 Å². The molecule has 0 aliphatic carbocycles. The van der Waals surface area contributed by atoms with E-state index in [-0.39, 0.29) is 15.8 Å². The van der Waals surface area contributed by atoms with Gasteiger partial charge in [0.1, 0.15) is 5.82 Å². The zero-order chi connectivity index (χ0) is 21.9. The minimum atomic E-state index is -4.63. The third kappa shape index (κ3) is 4.22. The summed E-state index contributed by atoms with van der Waals surface area (Å²) in [7, 11) is -2.15. The normalized spacial score (nSPS) is 15.6. The summed E-state index contributed by atoms with van der Waals surface area (Å²) in [5.74, 6) is -0.727. The summed E-state index contributed by atoms with van der Waals surface area (Å²) in [6.07, 6.45) is -3.81. The molecule has 4 rings (SSSR count). The van der Waals surface area contributed by atoms with Gasteiger partial charge in [0.05, 0.1) is 16.0 Å². The zero-order valence-electron chi connectivity index (χ0n) is 16.7. The van der Waals surface area contributed by atoms with Crippen LogP contribution in [0.1, 0.15) is 19.4 Å². The molecule has 1 aliphatic heterocycles. The van der Waals surface area contributed by atoms with E-state index in [1.54, 1.807) is 12.1 Å². The fourth-order valence-electron chi connectivity index (χ4n) is 3.45. The van der Waals surface area contributed by atoms with Gasteiger partial charge in [-0.15, -0.1) is 0 Å². The topological polar surface area (TPSA) is 37.3 Å². The van der Waals surface area contributed by atoms with E-state index in [0.717, 1.165) is 16.2 Å². The van der Waals surface area contributed by atoms with Crippen molar-refractivity contribution in [3.8, 4) is 0 Å². The second kappa shape index (κ2) is 9.18. The fraction of sp³-hybridized carbons (Fsp3) is 0.333. The average molecular weight is 441 g/mol. The number of piperazine rings is 1. The molecule has 1 aliphatic rings. The largest absolute Gasteiger partial charge is 0.418 e. The summed E-state index contributed by atoms with van der Waals surface area (Å²) >= 11 is 0. The number of anilines is 1. The van der Waals surface area contributed by atoms with Crippen LogP contribution in [0.2, 0.25) is 0 Å². The van der Waals surface area contributed by atoms with Crippen molar-refractivity contribution >= 4 is 27.6 Å². The molecule has 162 valence electrons. The first-order valence-corrected chi connectivity index (χ1v) is 10.8. The molecule has 0 saturated carbocycles. The van der Waals surface area contributed by atoms with Crippen LogP contribution in [0, 0.1) is 5.82 Å². The molecule has 1 unspecified atom stereocenters. The average Bonchev–Trinajstić information content (AvgIpc) is 3.16. The van der Waals surface area contributed by atoms with Crippen LogP contribution >= 0.6 is 0 Å². The first kappa shape index (κ1) is 22.3. The fourth-order valence-corrected chi connectivity index (χ4v) is 4.63. The van der Waals surface area contributed by atoms with Gasteiger partial charge >= 0.3 is 6.18 Å². The zero-order valence-corrected chi connectivity index (χ0v) is 17.5. The van der Waals surface area contributed by atoms with Crippen LogP contribution in [0.5, 0.6) is 0 Å². The summed E-state index contributed by atoms with van der Waals surface area (Å²) < 4.78 is 69.5. The smallest absolute Gasteiger partial charge is 0.368 e. The van der Waals surface area contributed by atoms with E-state index in [0.29, 0.717) is 31.9 Å². The molecule has 3 aromatic rings. The van der Waals surface area contributed by atoms with E-state index >= 15 is 0 Å². The highest BCUT2D eigenvalue weighted by molar-refractivity contribution is 7.83. The van der Waals surface area contributed by atoms with Crippen molar-refractivity contribution in [1.82, 2.24) is 9.29 Å². The summed E-state index contributed by atoms with van der Waals surface area (Å²) in [5.41, 5.74) is -0.276. The number of alkyl halides is 3. The van der Waals surface area contributed by atoms with Gasteiger partial charge in [-0.05, 0) is 24.3 Å². The Hall–Kier alpha value is -2.39. The molecule has 1 atom stereocenters. The van der Waals surface area contributed by atoms with Crippen LogP contribution in [0.4, 0.5) is 23.2 Å². The molecule has 0 amide bonds. The van der Waals surface area contributed by atoms with Gasteiger partial charge in [-0.2, -0.15) is 13.2 Å². The quantitative estimate of drug-likeness (QED) is 0.593. The van der Waals surface area contributed by atoms with Crippen molar-refractivity contribution in [3.05, 3.63) is 60.0 Å². The molecule has 2 aromatic carbocycles. The Bertz CT molecular complexity index is 1040. The number of hydrogen-bond donors (Lipinski definition) is 1. The lowest BCUT2D eigenvalue weighted by Gasteiger charge is -2.30. The van der Waals surface area contributed by atoms with Crippen LogP contribution in [0.15, 0.2) is 53.6 Å². The van der Waals surface area contributed by atoms with Gasteiger partial charge in [-0.1, -0.05) is 32.0 Å². The standard InChI is InChI=1S/C19H17F4N3OS.C2H6/c20-14-4-1-2-7-17(14)28(27)26-12-13(19(21,22)23)18-15(5-3-6-16(18)26)25-10-8-24-9-11-25;1-2/h1-7,12,24H,8-11H2;1-2H3. The van der Waals surface area contributed by atoms with Gasteiger partial charge in [0, 0.05) is 43.4 Å². The maximum absolute atomic E-state index is 14.1. The maximum atomic E-state index is 14.1. The highest BCUT2D eigenvalue weighted by Crippen LogP contribution is 2.41. The third-order valence-corrected chi connectivity index (χ3v) is 6.11. The van der Waals surface area contributed by atoms with E-state index < -0.39 is 28.5 Å². The predicted octanol–water partition coefficient (Wildman–Crippen LogP) is 4.81. The molecule has 1 aromatic heterocycles. The van der Waals surface area contributed by atoms with E-state index in [1.807, 2.05) is 18.7 Å². The molecule has 1 saturated heterocycles. The Kier molecular flexibility index (Phi) is 6.82. The van der Waals surface area contributed by atoms with Gasteiger partial charge < -0.3 is 10.2 Å². The van der Waals surface area contributed by atoms with Crippen LogP contribution in [0.3, 0.4) is 0 Å². The molecule has 1 N–H and O–H groups in total. The number of aromatic nitrogens is 1. The second-order valence-corrected chi connectivity index (χ2v) is 7.79. The van der Waals surface area contributed by atoms with Crippen molar-refractivity contribution in [2.24, 2.45) is 0 Å². The lowest BCUT2D eigenvalue weighted by atomic mass is 10.1. The van der Waals surface area contributed by atoms with Crippen LogP contribution in [0.25, 0.3) is 10.9 Å². The van der Waals surface area contributed by atoms with Gasteiger partial charge in [0.2, 0.25) is 0 Å². The van der Waals surface area contributed by atoms with E-state index in [1.165, 1.54) is 24.3 Å². The SMILES string of the molecule is CC.O=S(c1ccccc1F)n1cc(C(F)(F)F)c2c(N3CCNCC3)cccc21. The maximum Gasteiger partial charge on any atom is 0.418 e. The highest BCUT2D eigenvalue weighted by Gasteiger charge is 2.37. The van der Waals surface area contributed by atoms with Crippen molar-refractivity contribution in [1.29, 1.82) is 0 Å². The molecule has 2 heterocycles. The van der Waals surface area contributed by atoms with Crippen molar-refractivity contribution in [2.75, 3.05) is 31.1 Å². The lowest BCUT2D eigenvalue weighted by molar-refractivity contribution is -0.136. The summed E-state index contributed by atoms with van der Waals surface area (Å²) in [4.78, 5) is 1.71. The molecule has 0 bridgehead atoms. The van der Waals surface area contributed by atoms with Gasteiger partial charge in [0.25, 0.3) is 0 Å². The Morgan fingerprint density at radius 2 is 1.67 bits per heavy atom. The molecule has 0 radical (unpaired) electrons. The number of rotatable bonds is 3. The van der Waals surface area contributed by atoms with Crippen molar-refractivity contribution < 1.29 is 21.8 Å². The minimum absolute atomic E-state index is 0.0124. The lowest BCUT2D eigenvalue weighted by Crippen LogP contribution is -2.43. The summed E-state index contributed by atoms with van der Waals surface area (Å²) in [6.45, 7) is 6.47. The highest BCUT2D eigenvalue weighted by atomic mass is 32.2. The van der Waals surface area contributed by atoms with E-state index in [2.05, 4.69) is 5.32 Å². The third-order valence-electron chi connectivity index (χ3n) is 4.74. The monoisotopic (exact) mass is 441 g/mol. The number of nitrogens with one attached hydrogen (secondary N) is 1. The molecule has 0 spiro atoms. The van der Waals surface area contributed by atoms with Gasteiger partial charge in [-0.3, -0.25) is 3.97 Å². The molecule has 1 fully saturated rings. The van der Waals surface area contributed by atoms with E-state index in [4.69, 9.17) is 0 Å².